The highest BCUT2D eigenvalue weighted by Crippen LogP contribution is 2.27. The number of esters is 1. The summed E-state index contributed by atoms with van der Waals surface area (Å²) in [6.45, 7) is 4.27. The molecule has 134 valence electrons. The lowest BCUT2D eigenvalue weighted by Crippen LogP contribution is -2.07. The van der Waals surface area contributed by atoms with E-state index in [1.165, 1.54) is 26.7 Å². The van der Waals surface area contributed by atoms with Gasteiger partial charge in [0.05, 0.1) is 24.9 Å². The van der Waals surface area contributed by atoms with Crippen molar-refractivity contribution in [3.8, 4) is 10.4 Å². The molecule has 7 heteroatoms. The number of thiazole rings is 1. The zero-order valence-electron chi connectivity index (χ0n) is 14.6. The van der Waals surface area contributed by atoms with Crippen LogP contribution in [-0.2, 0) is 16.0 Å². The van der Waals surface area contributed by atoms with Crippen LogP contribution in [0.1, 0.15) is 23.1 Å². The first-order valence-corrected chi connectivity index (χ1v) is 9.89. The molecule has 1 N–H and O–H groups in total. The molecule has 2 heterocycles. The molecule has 0 radical (unpaired) electrons. The number of benzene rings is 1. The number of hydrogen-bond acceptors (Lipinski definition) is 7. The van der Waals surface area contributed by atoms with Crippen LogP contribution < -0.4 is 5.43 Å². The number of carbonyl (C=O) groups excluding carboxylic acids is 1. The lowest BCUT2D eigenvalue weighted by atomic mass is 10.1. The van der Waals surface area contributed by atoms with Crippen LogP contribution in [0.25, 0.3) is 10.4 Å². The maximum atomic E-state index is 11.5. The monoisotopic (exact) mass is 385 g/mol. The second-order valence-corrected chi connectivity index (χ2v) is 7.68. The van der Waals surface area contributed by atoms with Crippen molar-refractivity contribution in [1.29, 1.82) is 0 Å². The molecule has 1 aromatic carbocycles. The molecular weight excluding hydrogens is 366 g/mol. The molecule has 0 amide bonds. The zero-order chi connectivity index (χ0) is 18.4. The van der Waals surface area contributed by atoms with Crippen molar-refractivity contribution in [2.24, 2.45) is 5.10 Å². The van der Waals surface area contributed by atoms with Gasteiger partial charge < -0.3 is 4.74 Å². The Balaban J connectivity index is 1.61. The predicted molar refractivity (Wildman–Crippen MR) is 108 cm³/mol. The van der Waals surface area contributed by atoms with E-state index >= 15 is 0 Å². The smallest absolute Gasteiger partial charge is 0.311 e. The van der Waals surface area contributed by atoms with Crippen molar-refractivity contribution < 1.29 is 9.53 Å². The van der Waals surface area contributed by atoms with Gasteiger partial charge in [-0.25, -0.2) is 4.98 Å². The predicted octanol–water partition coefficient (Wildman–Crippen LogP) is 4.73. The molecule has 2 aromatic heterocycles. The quantitative estimate of drug-likeness (QED) is 0.363. The van der Waals surface area contributed by atoms with E-state index in [4.69, 9.17) is 4.74 Å². The van der Waals surface area contributed by atoms with E-state index in [0.29, 0.717) is 17.4 Å². The van der Waals surface area contributed by atoms with Crippen LogP contribution in [-0.4, -0.2) is 23.8 Å². The Morgan fingerprint density at radius 2 is 2.23 bits per heavy atom. The second-order valence-electron chi connectivity index (χ2n) is 5.53. The topological polar surface area (TPSA) is 63.6 Å². The van der Waals surface area contributed by atoms with E-state index in [2.05, 4.69) is 46.7 Å². The molecule has 0 spiro atoms. The van der Waals surface area contributed by atoms with Gasteiger partial charge in [0.15, 0.2) is 0 Å². The van der Waals surface area contributed by atoms with Crippen LogP contribution in [0.15, 0.2) is 46.9 Å². The van der Waals surface area contributed by atoms with Gasteiger partial charge in [0.1, 0.15) is 0 Å². The van der Waals surface area contributed by atoms with E-state index in [1.807, 2.05) is 17.5 Å². The highest BCUT2D eigenvalue weighted by molar-refractivity contribution is 7.15. The van der Waals surface area contributed by atoms with Crippen LogP contribution in [0.4, 0.5) is 5.13 Å². The van der Waals surface area contributed by atoms with Gasteiger partial charge >= 0.3 is 5.97 Å². The SMILES string of the molecule is CCOC(=O)Cc1csc(NN=Cc2cccc(-c3ccc(C)s3)c2)n1. The Bertz CT molecular complexity index is 915. The molecule has 0 aliphatic rings. The highest BCUT2D eigenvalue weighted by atomic mass is 32.1. The third-order valence-electron chi connectivity index (χ3n) is 3.47. The first-order valence-electron chi connectivity index (χ1n) is 8.20. The molecule has 0 aliphatic carbocycles. The standard InChI is InChI=1S/C19H19N3O2S2/c1-3-24-18(23)10-16-12-25-19(21-16)22-20-11-14-5-4-6-15(9-14)17-8-7-13(2)26-17/h4-9,11-12H,3,10H2,1-2H3,(H,21,22). The summed E-state index contributed by atoms with van der Waals surface area (Å²) in [6, 6.07) is 12.5. The normalized spacial score (nSPS) is 11.0. The van der Waals surface area contributed by atoms with Crippen molar-refractivity contribution in [3.05, 3.63) is 57.9 Å². The molecule has 0 fully saturated rings. The zero-order valence-corrected chi connectivity index (χ0v) is 16.2. The van der Waals surface area contributed by atoms with Crippen molar-refractivity contribution in [1.82, 2.24) is 4.98 Å². The van der Waals surface area contributed by atoms with Gasteiger partial charge in [0, 0.05) is 15.1 Å². The molecule has 5 nitrogen and oxygen atoms in total. The Hall–Kier alpha value is -2.51. The fourth-order valence-electron chi connectivity index (χ4n) is 2.32. The average molecular weight is 386 g/mol. The van der Waals surface area contributed by atoms with Gasteiger partial charge in [0.25, 0.3) is 0 Å². The molecule has 0 saturated heterocycles. The first-order chi connectivity index (χ1) is 12.6. The van der Waals surface area contributed by atoms with E-state index in [0.717, 1.165) is 5.56 Å². The van der Waals surface area contributed by atoms with Crippen LogP contribution in [0.5, 0.6) is 0 Å². The van der Waals surface area contributed by atoms with Crippen molar-refractivity contribution in [3.63, 3.8) is 0 Å². The first kappa shape index (κ1) is 18.3. The summed E-state index contributed by atoms with van der Waals surface area (Å²) in [5, 5.41) is 6.71. The number of nitrogens with zero attached hydrogens (tertiary/aromatic N) is 2. The molecule has 0 bridgehead atoms. The Morgan fingerprint density at radius 1 is 1.35 bits per heavy atom. The van der Waals surface area contributed by atoms with Gasteiger partial charge in [0.2, 0.25) is 5.13 Å². The fraction of sp³-hybridized carbons (Fsp3) is 0.211. The van der Waals surface area contributed by atoms with Gasteiger partial charge in [-0.15, -0.1) is 22.7 Å². The maximum absolute atomic E-state index is 11.5. The van der Waals surface area contributed by atoms with Gasteiger partial charge in [-0.05, 0) is 43.2 Å². The molecule has 0 aliphatic heterocycles. The number of rotatable bonds is 7. The maximum Gasteiger partial charge on any atom is 0.311 e. The number of aromatic nitrogens is 1. The summed E-state index contributed by atoms with van der Waals surface area (Å²) in [4.78, 5) is 18.3. The molecule has 3 aromatic rings. The number of anilines is 1. The van der Waals surface area contributed by atoms with Gasteiger partial charge in [-0.1, -0.05) is 18.2 Å². The van der Waals surface area contributed by atoms with E-state index < -0.39 is 0 Å². The molecule has 0 unspecified atom stereocenters. The minimum absolute atomic E-state index is 0.179. The number of thiophene rings is 1. The summed E-state index contributed by atoms with van der Waals surface area (Å²) < 4.78 is 4.92. The number of nitrogens with one attached hydrogen (secondary N) is 1. The molecule has 26 heavy (non-hydrogen) atoms. The third-order valence-corrected chi connectivity index (χ3v) is 5.31. The Kier molecular flexibility index (Phi) is 6.14. The van der Waals surface area contributed by atoms with Crippen molar-refractivity contribution >= 4 is 40.0 Å². The summed E-state index contributed by atoms with van der Waals surface area (Å²) in [5.41, 5.74) is 5.77. The summed E-state index contributed by atoms with van der Waals surface area (Å²) in [5.74, 6) is -0.270. The molecular formula is C19H19N3O2S2. The van der Waals surface area contributed by atoms with Gasteiger partial charge in [-0.2, -0.15) is 5.10 Å². The molecule has 0 atom stereocenters. The summed E-state index contributed by atoms with van der Waals surface area (Å²) in [7, 11) is 0. The number of ether oxygens (including phenoxy) is 1. The van der Waals surface area contributed by atoms with Crippen molar-refractivity contribution in [2.45, 2.75) is 20.3 Å². The van der Waals surface area contributed by atoms with E-state index in [9.17, 15) is 4.79 Å². The largest absolute Gasteiger partial charge is 0.466 e. The van der Waals surface area contributed by atoms with E-state index in [1.54, 1.807) is 24.5 Å². The second kappa shape index (κ2) is 8.73. The van der Waals surface area contributed by atoms with Gasteiger partial charge in [-0.3, -0.25) is 10.2 Å². The Morgan fingerprint density at radius 3 is 3.00 bits per heavy atom. The summed E-state index contributed by atoms with van der Waals surface area (Å²) >= 11 is 3.18. The minimum Gasteiger partial charge on any atom is -0.466 e. The lowest BCUT2D eigenvalue weighted by molar-refractivity contribution is -0.142. The molecule has 3 rings (SSSR count). The number of carbonyl (C=O) groups is 1. The number of hydrogen-bond donors (Lipinski definition) is 1. The summed E-state index contributed by atoms with van der Waals surface area (Å²) in [6.07, 6.45) is 1.94. The molecule has 0 saturated carbocycles. The Labute approximate surface area is 160 Å². The number of hydrazone groups is 1. The highest BCUT2D eigenvalue weighted by Gasteiger charge is 2.08. The third kappa shape index (κ3) is 5.00. The van der Waals surface area contributed by atoms with Crippen LogP contribution >= 0.6 is 22.7 Å². The van der Waals surface area contributed by atoms with Crippen molar-refractivity contribution in [2.75, 3.05) is 12.0 Å². The minimum atomic E-state index is -0.270. The average Bonchev–Trinajstić information content (AvgIpc) is 3.24. The van der Waals surface area contributed by atoms with Crippen LogP contribution in [0, 0.1) is 6.92 Å². The van der Waals surface area contributed by atoms with Crippen LogP contribution in [0.3, 0.4) is 0 Å². The lowest BCUT2D eigenvalue weighted by Gasteiger charge is -2.00. The van der Waals surface area contributed by atoms with E-state index in [-0.39, 0.29) is 12.4 Å². The van der Waals surface area contributed by atoms with Crippen LogP contribution in [0.2, 0.25) is 0 Å². The fourth-order valence-corrected chi connectivity index (χ4v) is 3.85. The number of aryl methyl sites for hydroxylation is 1.